The molecule has 7 nitrogen and oxygen atoms in total. The molecule has 0 spiro atoms. The minimum absolute atomic E-state index is 0.0778. The summed E-state index contributed by atoms with van der Waals surface area (Å²) in [6, 6.07) is -0.173. The Labute approximate surface area is 109 Å². The third-order valence-corrected chi connectivity index (χ3v) is 3.63. The number of halogens is 1. The van der Waals surface area contributed by atoms with Gasteiger partial charge in [0.25, 0.3) is 0 Å². The van der Waals surface area contributed by atoms with Crippen LogP contribution >= 0.6 is 8.25 Å². The average molecular weight is 291 g/mol. The fourth-order valence-electron chi connectivity index (χ4n) is 2.28. The van der Waals surface area contributed by atoms with Crippen LogP contribution < -0.4 is 5.32 Å². The normalized spacial score (nSPS) is 28.3. The van der Waals surface area contributed by atoms with Gasteiger partial charge in [-0.2, -0.15) is 0 Å². The van der Waals surface area contributed by atoms with Gasteiger partial charge in [0, 0.05) is 18.6 Å². The lowest BCUT2D eigenvalue weighted by Crippen LogP contribution is -2.19. The van der Waals surface area contributed by atoms with E-state index in [-0.39, 0.29) is 24.4 Å². The number of rotatable bonds is 5. The van der Waals surface area contributed by atoms with E-state index in [9.17, 15) is 14.1 Å². The molecular formula is C10H15FN3O4P. The van der Waals surface area contributed by atoms with Crippen LogP contribution in [0.1, 0.15) is 12.8 Å². The number of aliphatic hydroxyl groups excluding tert-OH is 1. The second-order valence-electron chi connectivity index (χ2n) is 4.40. The average Bonchev–Trinajstić information content (AvgIpc) is 2.73. The van der Waals surface area contributed by atoms with E-state index in [1.807, 2.05) is 0 Å². The third-order valence-electron chi connectivity index (χ3n) is 3.13. The zero-order chi connectivity index (χ0) is 13.8. The van der Waals surface area contributed by atoms with Crippen molar-refractivity contribution in [1.29, 1.82) is 0 Å². The molecule has 1 aliphatic carbocycles. The summed E-state index contributed by atoms with van der Waals surface area (Å²) in [6.45, 7) is -0.149. The van der Waals surface area contributed by atoms with Gasteiger partial charge in [0.1, 0.15) is 6.33 Å². The fraction of sp³-hybridized carbons (Fsp3) is 0.600. The van der Waals surface area contributed by atoms with Crippen LogP contribution in [0.3, 0.4) is 0 Å². The maximum atomic E-state index is 13.4. The Kier molecular flexibility index (Phi) is 4.81. The molecule has 3 N–H and O–H groups in total. The highest BCUT2D eigenvalue weighted by Crippen LogP contribution is 2.35. The van der Waals surface area contributed by atoms with Crippen LogP contribution in [0.5, 0.6) is 0 Å². The van der Waals surface area contributed by atoms with E-state index in [0.29, 0.717) is 12.8 Å². The van der Waals surface area contributed by atoms with Gasteiger partial charge < -0.3 is 19.8 Å². The molecule has 1 aliphatic rings. The second-order valence-corrected chi connectivity index (χ2v) is 5.16. The maximum absolute atomic E-state index is 13.4. The lowest BCUT2D eigenvalue weighted by atomic mass is 10.1. The molecule has 0 radical (unpaired) electrons. The topological polar surface area (TPSA) is 105 Å². The minimum Gasteiger partial charge on any atom is -0.396 e. The first-order chi connectivity index (χ1) is 9.10. The molecule has 19 heavy (non-hydrogen) atoms. The van der Waals surface area contributed by atoms with Crippen molar-refractivity contribution in [3.63, 3.8) is 0 Å². The van der Waals surface area contributed by atoms with E-state index in [0.717, 1.165) is 6.20 Å². The summed E-state index contributed by atoms with van der Waals surface area (Å²) in [4.78, 5) is 16.1. The Morgan fingerprint density at radius 3 is 3.00 bits per heavy atom. The number of nitrogens with one attached hydrogen (secondary N) is 1. The van der Waals surface area contributed by atoms with Crippen molar-refractivity contribution in [3.05, 3.63) is 18.3 Å². The van der Waals surface area contributed by atoms with Crippen LogP contribution in [-0.4, -0.2) is 38.7 Å². The molecule has 9 heteroatoms. The number of hydrogen-bond donors (Lipinski definition) is 3. The standard InChI is InChI=1S/C10H15FN3O4P/c11-8-3-12-5-13-10(8)14-7-1-6(4-15)9(2-7)18-19(16)17/h3,5-7,9,15,19H,1-2,4H2,(H,16,17)(H,12,13,14)/t6?,7-,9+/m1/s1. The monoisotopic (exact) mass is 291 g/mol. The molecule has 0 amide bonds. The van der Waals surface area contributed by atoms with Crippen LogP contribution in [0.25, 0.3) is 0 Å². The van der Waals surface area contributed by atoms with Crippen LogP contribution in [0, 0.1) is 11.7 Å². The number of nitrogens with zero attached hydrogens (tertiary/aromatic N) is 2. The molecule has 2 rings (SSSR count). The summed E-state index contributed by atoms with van der Waals surface area (Å²) < 4.78 is 29.0. The number of hydrogen-bond acceptors (Lipinski definition) is 6. The predicted molar refractivity (Wildman–Crippen MR) is 65.3 cm³/mol. The zero-order valence-electron chi connectivity index (χ0n) is 9.99. The molecule has 0 aliphatic heterocycles. The molecule has 0 bridgehead atoms. The Morgan fingerprint density at radius 1 is 1.58 bits per heavy atom. The molecular weight excluding hydrogens is 276 g/mol. The number of aromatic nitrogens is 2. The Bertz CT molecular complexity index is 464. The summed E-state index contributed by atoms with van der Waals surface area (Å²) in [5, 5.41) is 12.1. The highest BCUT2D eigenvalue weighted by molar-refractivity contribution is 7.32. The zero-order valence-corrected chi connectivity index (χ0v) is 11.0. The predicted octanol–water partition coefficient (Wildman–Crippen LogP) is 0.566. The molecule has 0 saturated heterocycles. The van der Waals surface area contributed by atoms with Crippen molar-refractivity contribution in [2.45, 2.75) is 25.0 Å². The van der Waals surface area contributed by atoms with Crippen molar-refractivity contribution in [2.24, 2.45) is 5.92 Å². The van der Waals surface area contributed by atoms with Crippen molar-refractivity contribution in [1.82, 2.24) is 9.97 Å². The van der Waals surface area contributed by atoms with Crippen LogP contribution in [0.4, 0.5) is 10.2 Å². The molecule has 106 valence electrons. The van der Waals surface area contributed by atoms with Crippen LogP contribution in [0.2, 0.25) is 0 Å². The third kappa shape index (κ3) is 3.70. The Hall–Kier alpha value is -1.08. The van der Waals surface area contributed by atoms with Gasteiger partial charge in [0.05, 0.1) is 12.3 Å². The lowest BCUT2D eigenvalue weighted by molar-refractivity contribution is 0.106. The molecule has 1 saturated carbocycles. The molecule has 2 unspecified atom stereocenters. The van der Waals surface area contributed by atoms with Gasteiger partial charge in [0.15, 0.2) is 11.6 Å². The summed E-state index contributed by atoms with van der Waals surface area (Å²) in [5.74, 6) is -0.736. The first-order valence-electron chi connectivity index (χ1n) is 5.82. The minimum atomic E-state index is -3.05. The highest BCUT2D eigenvalue weighted by atomic mass is 31.1. The van der Waals surface area contributed by atoms with Crippen molar-refractivity contribution < 1.29 is 23.5 Å². The molecule has 4 atom stereocenters. The highest BCUT2D eigenvalue weighted by Gasteiger charge is 2.36. The first-order valence-corrected chi connectivity index (χ1v) is 7.09. The SMILES string of the molecule is O=[PH](O)O[C@H]1C[C@H](Nc2ncncc2F)CC1CO. The summed E-state index contributed by atoms with van der Waals surface area (Å²) >= 11 is 0. The van der Waals surface area contributed by atoms with E-state index in [2.05, 4.69) is 15.3 Å². The summed E-state index contributed by atoms with van der Waals surface area (Å²) in [6.07, 6.45) is 2.69. The fourth-order valence-corrected chi connectivity index (χ4v) is 2.83. The van der Waals surface area contributed by atoms with Gasteiger partial charge in [-0.3, -0.25) is 4.57 Å². The molecule has 1 aromatic heterocycles. The van der Waals surface area contributed by atoms with Crippen molar-refractivity contribution in [3.8, 4) is 0 Å². The van der Waals surface area contributed by atoms with E-state index in [4.69, 9.17) is 9.42 Å². The van der Waals surface area contributed by atoms with Gasteiger partial charge in [0.2, 0.25) is 0 Å². The van der Waals surface area contributed by atoms with Gasteiger partial charge in [-0.15, -0.1) is 0 Å². The van der Waals surface area contributed by atoms with Crippen LogP contribution in [0.15, 0.2) is 12.5 Å². The van der Waals surface area contributed by atoms with E-state index in [1.165, 1.54) is 6.33 Å². The Balaban J connectivity index is 2.00. The second kappa shape index (κ2) is 6.38. The van der Waals surface area contributed by atoms with Crippen LogP contribution in [-0.2, 0) is 9.09 Å². The van der Waals surface area contributed by atoms with Gasteiger partial charge in [-0.05, 0) is 12.8 Å². The Morgan fingerprint density at radius 2 is 2.37 bits per heavy atom. The van der Waals surface area contributed by atoms with Gasteiger partial charge in [-0.1, -0.05) is 0 Å². The first kappa shape index (κ1) is 14.3. The largest absolute Gasteiger partial charge is 0.396 e. The molecule has 1 fully saturated rings. The van der Waals surface area contributed by atoms with Crippen molar-refractivity contribution >= 4 is 14.1 Å². The quantitative estimate of drug-likeness (QED) is 0.681. The van der Waals surface area contributed by atoms with Gasteiger partial charge >= 0.3 is 8.25 Å². The summed E-state index contributed by atoms with van der Waals surface area (Å²) in [5.41, 5.74) is 0. The maximum Gasteiger partial charge on any atom is 0.316 e. The van der Waals surface area contributed by atoms with E-state index in [1.54, 1.807) is 0 Å². The smallest absolute Gasteiger partial charge is 0.316 e. The number of aliphatic hydroxyl groups is 1. The lowest BCUT2D eigenvalue weighted by Gasteiger charge is -2.15. The van der Waals surface area contributed by atoms with E-state index < -0.39 is 20.2 Å². The van der Waals surface area contributed by atoms with E-state index >= 15 is 0 Å². The van der Waals surface area contributed by atoms with Gasteiger partial charge in [-0.25, -0.2) is 14.4 Å². The number of anilines is 1. The molecule has 0 aromatic carbocycles. The van der Waals surface area contributed by atoms with Crippen molar-refractivity contribution in [2.75, 3.05) is 11.9 Å². The molecule has 1 heterocycles. The summed E-state index contributed by atoms with van der Waals surface area (Å²) in [7, 11) is -3.05. The molecule has 1 aromatic rings.